The Labute approximate surface area is 240 Å². The highest BCUT2D eigenvalue weighted by Crippen LogP contribution is 2.31. The zero-order valence-corrected chi connectivity index (χ0v) is 23.5. The van der Waals surface area contributed by atoms with Gasteiger partial charge in [0.2, 0.25) is 12.6 Å². The Morgan fingerprint density at radius 3 is 2.41 bits per heavy atom. The molecule has 2 heterocycles. The molecule has 0 atom stereocenters. The predicted molar refractivity (Wildman–Crippen MR) is 149 cm³/mol. The van der Waals surface area contributed by atoms with Crippen LogP contribution in [0.1, 0.15) is 71.4 Å². The van der Waals surface area contributed by atoms with E-state index in [4.69, 9.17) is 14.2 Å². The highest BCUT2D eigenvalue weighted by molar-refractivity contribution is 5.89. The first-order valence-electron chi connectivity index (χ1n) is 14.1. The minimum Gasteiger partial charge on any atom is -0.431 e. The van der Waals surface area contributed by atoms with E-state index in [2.05, 4.69) is 25.6 Å². The number of carbonyl (C=O) groups is 2. The van der Waals surface area contributed by atoms with Crippen molar-refractivity contribution in [3.05, 3.63) is 71.3 Å². The molecule has 216 valence electrons. The Kier molecular flexibility index (Phi) is 8.27. The largest absolute Gasteiger partial charge is 0.511 e. The highest BCUT2D eigenvalue weighted by atomic mass is 16.8. The van der Waals surface area contributed by atoms with Crippen LogP contribution in [-0.4, -0.2) is 60.3 Å². The van der Waals surface area contributed by atoms with E-state index >= 15 is 0 Å². The summed E-state index contributed by atoms with van der Waals surface area (Å²) in [5.41, 5.74) is 0.561. The second kappa shape index (κ2) is 12.7. The van der Waals surface area contributed by atoms with Gasteiger partial charge in [-0.2, -0.15) is 5.21 Å². The Morgan fingerprint density at radius 1 is 1.10 bits per heavy atom. The summed E-state index contributed by atoms with van der Waals surface area (Å²) in [5, 5.41) is 25.1. The number of aryl methyl sites for hydroxylation is 1. The van der Waals surface area contributed by atoms with E-state index in [1.807, 2.05) is 31.2 Å². The van der Waals surface area contributed by atoms with Crippen molar-refractivity contribution in [3.63, 3.8) is 0 Å². The monoisotopic (exact) mass is 564 g/mol. The number of hydrogen-bond acceptors (Lipinski definition) is 10. The molecular formula is C29H34N6O6. The number of carbonyl (C=O) groups excluding carboxylic acids is 2. The average molecular weight is 565 g/mol. The molecule has 41 heavy (non-hydrogen) atoms. The molecule has 0 spiro atoms. The molecule has 0 aliphatic heterocycles. The SMILES string of the molecule is [2H]C([2H])(c1ccc(-c2ccccc2-c2nn[nH]n2)cc1)n1c(CCC)nc(C(C)(C)O)c1C(=O)OCOC(=O)OC(C)C. The maximum absolute atomic E-state index is 13.4. The first kappa shape index (κ1) is 26.6. The van der Waals surface area contributed by atoms with Gasteiger partial charge in [0.15, 0.2) is 5.69 Å². The summed E-state index contributed by atoms with van der Waals surface area (Å²) in [5.74, 6) is -0.372. The van der Waals surface area contributed by atoms with Gasteiger partial charge in [-0.05, 0) is 56.0 Å². The van der Waals surface area contributed by atoms with Crippen LogP contribution < -0.4 is 0 Å². The molecule has 12 heteroatoms. The van der Waals surface area contributed by atoms with Gasteiger partial charge in [0.25, 0.3) is 0 Å². The molecule has 0 amide bonds. The minimum atomic E-state index is -2.31. The fourth-order valence-electron chi connectivity index (χ4n) is 4.08. The fourth-order valence-corrected chi connectivity index (χ4v) is 4.08. The van der Waals surface area contributed by atoms with Crippen molar-refractivity contribution in [1.82, 2.24) is 30.2 Å². The van der Waals surface area contributed by atoms with Crippen molar-refractivity contribution in [2.75, 3.05) is 6.79 Å². The van der Waals surface area contributed by atoms with Gasteiger partial charge in [-0.25, -0.2) is 14.6 Å². The zero-order valence-electron chi connectivity index (χ0n) is 25.5. The zero-order chi connectivity index (χ0) is 31.4. The summed E-state index contributed by atoms with van der Waals surface area (Å²) in [6.45, 7) is 4.96. The van der Waals surface area contributed by atoms with Gasteiger partial charge in [-0.15, -0.1) is 10.2 Å². The van der Waals surface area contributed by atoms with E-state index in [1.54, 1.807) is 38.1 Å². The van der Waals surface area contributed by atoms with Crippen LogP contribution >= 0.6 is 0 Å². The lowest BCUT2D eigenvalue weighted by molar-refractivity contribution is -0.0355. The van der Waals surface area contributed by atoms with Crippen molar-refractivity contribution >= 4 is 12.1 Å². The summed E-state index contributed by atoms with van der Waals surface area (Å²) >= 11 is 0. The van der Waals surface area contributed by atoms with Crippen molar-refractivity contribution in [2.24, 2.45) is 0 Å². The van der Waals surface area contributed by atoms with Crippen LogP contribution in [0.5, 0.6) is 0 Å². The third-order valence-electron chi connectivity index (χ3n) is 5.84. The van der Waals surface area contributed by atoms with Crippen molar-refractivity contribution < 1.29 is 31.6 Å². The van der Waals surface area contributed by atoms with Gasteiger partial charge in [0.05, 0.1) is 8.85 Å². The number of esters is 1. The molecule has 0 saturated carbocycles. The van der Waals surface area contributed by atoms with Gasteiger partial charge in [-0.1, -0.05) is 55.5 Å². The Hall–Kier alpha value is -4.58. The molecule has 0 aliphatic rings. The van der Waals surface area contributed by atoms with Crippen LogP contribution in [0.15, 0.2) is 48.5 Å². The molecule has 0 fully saturated rings. The first-order chi connectivity index (χ1) is 20.3. The van der Waals surface area contributed by atoms with Crippen LogP contribution in [0.3, 0.4) is 0 Å². The lowest BCUT2D eigenvalue weighted by atomic mass is 9.98. The molecule has 0 unspecified atom stereocenters. The number of nitrogens with zero attached hydrogens (tertiary/aromatic N) is 5. The minimum absolute atomic E-state index is 0.0692. The Bertz CT molecular complexity index is 1560. The van der Waals surface area contributed by atoms with Crippen molar-refractivity contribution in [1.29, 1.82) is 0 Å². The van der Waals surface area contributed by atoms with Crippen LogP contribution in [0.25, 0.3) is 22.5 Å². The number of nitrogens with one attached hydrogen (secondary N) is 1. The average Bonchev–Trinajstić information content (AvgIpc) is 3.62. The van der Waals surface area contributed by atoms with Gasteiger partial charge in [0, 0.05) is 18.5 Å². The second-order valence-corrected chi connectivity index (χ2v) is 9.95. The number of imidazole rings is 1. The first-order valence-corrected chi connectivity index (χ1v) is 13.1. The number of benzene rings is 2. The molecule has 2 N–H and O–H groups in total. The molecule has 4 rings (SSSR count). The van der Waals surface area contributed by atoms with E-state index in [1.165, 1.54) is 13.8 Å². The van der Waals surface area contributed by atoms with E-state index in [9.17, 15) is 17.4 Å². The van der Waals surface area contributed by atoms with Gasteiger partial charge >= 0.3 is 12.1 Å². The third kappa shape index (κ3) is 7.14. The molecule has 12 nitrogen and oxygen atoms in total. The fraction of sp³-hybridized carbons (Fsp3) is 0.379. The molecule has 0 bridgehead atoms. The number of aliphatic hydroxyl groups is 1. The maximum Gasteiger partial charge on any atom is 0.511 e. The second-order valence-electron chi connectivity index (χ2n) is 9.95. The van der Waals surface area contributed by atoms with Gasteiger partial charge in [0.1, 0.15) is 17.1 Å². The standard InChI is InChI=1S/C29H34N6O6/c1-6-9-23-30-25(29(4,5)38)24(27(36)39-17-40-28(37)41-18(2)3)35(23)16-19-12-14-20(15-13-19)21-10-7-8-11-22(21)26-31-33-34-32-26/h7-8,10-15,18,38H,6,9,16-17H2,1-5H3,(H,31,32,33,34)/i16D2. The van der Waals surface area contributed by atoms with E-state index in [0.29, 0.717) is 18.7 Å². The van der Waals surface area contributed by atoms with Crippen LogP contribution in [0, 0.1) is 0 Å². The number of H-pyrrole nitrogens is 1. The normalized spacial score (nSPS) is 12.6. The quantitative estimate of drug-likeness (QED) is 0.194. The van der Waals surface area contributed by atoms with Crippen LogP contribution in [0.4, 0.5) is 4.79 Å². The molecule has 2 aromatic heterocycles. The van der Waals surface area contributed by atoms with Crippen LogP contribution in [-0.2, 0) is 32.7 Å². The van der Waals surface area contributed by atoms with Crippen molar-refractivity contribution in [3.8, 4) is 22.5 Å². The number of rotatable bonds is 11. The molecular weight excluding hydrogens is 528 g/mol. The van der Waals surface area contributed by atoms with E-state index in [-0.39, 0.29) is 22.8 Å². The van der Waals surface area contributed by atoms with Gasteiger partial charge < -0.3 is 23.9 Å². The van der Waals surface area contributed by atoms with Crippen molar-refractivity contribution in [2.45, 2.75) is 65.7 Å². The summed E-state index contributed by atoms with van der Waals surface area (Å²) in [7, 11) is 0. The smallest absolute Gasteiger partial charge is 0.431 e. The Morgan fingerprint density at radius 2 is 1.80 bits per heavy atom. The Balaban J connectivity index is 1.73. The topological polar surface area (TPSA) is 154 Å². The lowest BCUT2D eigenvalue weighted by Crippen LogP contribution is -2.24. The number of ether oxygens (including phenoxy) is 3. The molecule has 0 saturated heterocycles. The third-order valence-corrected chi connectivity index (χ3v) is 5.84. The number of aromatic nitrogens is 6. The maximum atomic E-state index is 13.4. The summed E-state index contributed by atoms with van der Waals surface area (Å²) < 4.78 is 34.4. The summed E-state index contributed by atoms with van der Waals surface area (Å²) in [4.78, 5) is 29.6. The number of hydrogen-bond donors (Lipinski definition) is 2. The molecule has 0 aliphatic carbocycles. The molecule has 4 aromatic rings. The van der Waals surface area contributed by atoms with E-state index < -0.39 is 37.1 Å². The highest BCUT2D eigenvalue weighted by Gasteiger charge is 2.32. The van der Waals surface area contributed by atoms with Crippen LogP contribution in [0.2, 0.25) is 0 Å². The number of aromatic amines is 1. The van der Waals surface area contributed by atoms with E-state index in [0.717, 1.165) is 21.3 Å². The lowest BCUT2D eigenvalue weighted by Gasteiger charge is -2.18. The number of tetrazole rings is 1. The summed E-state index contributed by atoms with van der Waals surface area (Å²) in [6.07, 6.45) is -0.567. The van der Waals surface area contributed by atoms with Gasteiger partial charge in [-0.3, -0.25) is 0 Å². The molecule has 0 radical (unpaired) electrons. The molecule has 2 aromatic carbocycles. The predicted octanol–water partition coefficient (Wildman–Crippen LogP) is 4.63. The summed E-state index contributed by atoms with van der Waals surface area (Å²) in [6, 6.07) is 14.2.